The molecule has 0 aliphatic heterocycles. The van der Waals surface area contributed by atoms with Gasteiger partial charge in [-0.25, -0.2) is 0 Å². The molecule has 0 spiro atoms. The Labute approximate surface area is 85.9 Å². The fourth-order valence-corrected chi connectivity index (χ4v) is 1.69. The number of hydrogen-bond donors (Lipinski definition) is 1. The van der Waals surface area contributed by atoms with Crippen LogP contribution in [0.3, 0.4) is 0 Å². The van der Waals surface area contributed by atoms with Crippen molar-refractivity contribution in [3.8, 4) is 5.69 Å². The third-order valence-electron chi connectivity index (χ3n) is 1.78. The van der Waals surface area contributed by atoms with E-state index < -0.39 is 10.1 Å². The highest BCUT2D eigenvalue weighted by Gasteiger charge is 2.17. The Bertz CT molecular complexity index is 562. The zero-order chi connectivity index (χ0) is 10.9. The normalized spacial score (nSPS) is 11.5. The summed E-state index contributed by atoms with van der Waals surface area (Å²) < 4.78 is 31.8. The second-order valence-electron chi connectivity index (χ2n) is 2.79. The lowest BCUT2D eigenvalue weighted by atomic mass is 10.3. The van der Waals surface area contributed by atoms with Gasteiger partial charge >= 0.3 is 10.1 Å². The fourth-order valence-electron chi connectivity index (χ4n) is 1.15. The average Bonchev–Trinajstić information content (AvgIpc) is 2.67. The highest BCUT2D eigenvalue weighted by atomic mass is 32.2. The maximum Gasteiger partial charge on any atom is 0.313 e. The van der Waals surface area contributed by atoms with Gasteiger partial charge in [0.15, 0.2) is 0 Å². The van der Waals surface area contributed by atoms with Crippen LogP contribution in [0.4, 0.5) is 0 Å². The Hall–Kier alpha value is -1.73. The number of nitrogens with zero attached hydrogens (tertiary/aromatic N) is 3. The molecule has 0 bridgehead atoms. The van der Waals surface area contributed by atoms with E-state index in [1.165, 1.54) is 0 Å². The first-order valence-electron chi connectivity index (χ1n) is 4.02. The topological polar surface area (TPSA) is 85.1 Å². The molecular formula is C8H7N3O3S. The molecule has 78 valence electrons. The van der Waals surface area contributed by atoms with Crippen LogP contribution in [0.25, 0.3) is 5.69 Å². The molecule has 0 atom stereocenters. The largest absolute Gasteiger partial charge is 0.313 e. The van der Waals surface area contributed by atoms with E-state index in [-0.39, 0.29) is 5.03 Å². The molecule has 2 rings (SSSR count). The number of aromatic nitrogens is 3. The summed E-state index contributed by atoms with van der Waals surface area (Å²) in [7, 11) is -4.30. The predicted octanol–water partition coefficient (Wildman–Crippen LogP) is 0.514. The Morgan fingerprint density at radius 1 is 1.20 bits per heavy atom. The van der Waals surface area contributed by atoms with Crippen molar-refractivity contribution < 1.29 is 13.0 Å². The number of para-hydroxylation sites is 1. The van der Waals surface area contributed by atoms with Crippen LogP contribution in [0.5, 0.6) is 0 Å². The van der Waals surface area contributed by atoms with Crippen molar-refractivity contribution in [1.29, 1.82) is 0 Å². The van der Waals surface area contributed by atoms with Crippen LogP contribution in [-0.2, 0) is 10.1 Å². The minimum absolute atomic E-state index is 0.353. The first-order chi connectivity index (χ1) is 7.09. The van der Waals surface area contributed by atoms with Gasteiger partial charge in [-0.15, -0.1) is 5.10 Å². The van der Waals surface area contributed by atoms with Gasteiger partial charge in [-0.3, -0.25) is 4.55 Å². The molecule has 1 aromatic carbocycles. The lowest BCUT2D eigenvalue weighted by Crippen LogP contribution is -2.07. The smallest absolute Gasteiger partial charge is 0.281 e. The molecular weight excluding hydrogens is 218 g/mol. The van der Waals surface area contributed by atoms with Crippen molar-refractivity contribution in [1.82, 2.24) is 15.0 Å². The maximum atomic E-state index is 10.9. The molecule has 7 heteroatoms. The summed E-state index contributed by atoms with van der Waals surface area (Å²) >= 11 is 0. The lowest BCUT2D eigenvalue weighted by Gasteiger charge is -2.02. The molecule has 0 aliphatic rings. The summed E-state index contributed by atoms with van der Waals surface area (Å²) in [6.45, 7) is 0. The van der Waals surface area contributed by atoms with Gasteiger partial charge in [0.1, 0.15) is 0 Å². The molecule has 0 saturated carbocycles. The molecule has 0 unspecified atom stereocenters. The van der Waals surface area contributed by atoms with Gasteiger partial charge < -0.3 is 0 Å². The molecule has 1 N–H and O–H groups in total. The van der Waals surface area contributed by atoms with Gasteiger partial charge in [-0.1, -0.05) is 23.4 Å². The SMILES string of the molecule is O=S(=O)(O)c1cnnn1-c1ccccc1. The van der Waals surface area contributed by atoms with Crippen molar-refractivity contribution in [2.75, 3.05) is 0 Å². The molecule has 0 radical (unpaired) electrons. The highest BCUT2D eigenvalue weighted by Crippen LogP contribution is 2.12. The number of benzene rings is 1. The Kier molecular flexibility index (Phi) is 2.25. The summed E-state index contributed by atoms with van der Waals surface area (Å²) in [5.74, 6) is 0. The zero-order valence-corrected chi connectivity index (χ0v) is 8.29. The zero-order valence-electron chi connectivity index (χ0n) is 7.48. The summed E-state index contributed by atoms with van der Waals surface area (Å²) in [6, 6.07) is 8.55. The third-order valence-corrected chi connectivity index (χ3v) is 2.59. The molecule has 1 aromatic heterocycles. The van der Waals surface area contributed by atoms with E-state index in [1.807, 2.05) is 0 Å². The van der Waals surface area contributed by atoms with Gasteiger partial charge in [0.05, 0.1) is 11.9 Å². The van der Waals surface area contributed by atoms with E-state index in [4.69, 9.17) is 4.55 Å². The van der Waals surface area contributed by atoms with Gasteiger partial charge in [0, 0.05) is 0 Å². The minimum atomic E-state index is -4.30. The van der Waals surface area contributed by atoms with E-state index in [0.29, 0.717) is 5.69 Å². The highest BCUT2D eigenvalue weighted by molar-refractivity contribution is 7.85. The summed E-state index contributed by atoms with van der Waals surface area (Å²) in [5, 5.41) is 6.67. The Balaban J connectivity index is 2.61. The van der Waals surface area contributed by atoms with Crippen LogP contribution < -0.4 is 0 Å². The van der Waals surface area contributed by atoms with E-state index >= 15 is 0 Å². The molecule has 2 aromatic rings. The van der Waals surface area contributed by atoms with Gasteiger partial charge in [0.25, 0.3) is 0 Å². The summed E-state index contributed by atoms with van der Waals surface area (Å²) in [5.41, 5.74) is 0.516. The van der Waals surface area contributed by atoms with Crippen LogP contribution in [0.2, 0.25) is 0 Å². The van der Waals surface area contributed by atoms with Crippen LogP contribution in [0.15, 0.2) is 41.6 Å². The van der Waals surface area contributed by atoms with E-state index in [2.05, 4.69) is 10.3 Å². The van der Waals surface area contributed by atoms with Crippen molar-refractivity contribution >= 4 is 10.1 Å². The number of hydrogen-bond acceptors (Lipinski definition) is 4. The number of rotatable bonds is 2. The van der Waals surface area contributed by atoms with E-state index in [9.17, 15) is 8.42 Å². The second-order valence-corrected chi connectivity index (χ2v) is 4.16. The minimum Gasteiger partial charge on any atom is -0.281 e. The fraction of sp³-hybridized carbons (Fsp3) is 0. The van der Waals surface area contributed by atoms with Crippen molar-refractivity contribution in [2.24, 2.45) is 0 Å². The Morgan fingerprint density at radius 2 is 1.87 bits per heavy atom. The van der Waals surface area contributed by atoms with Gasteiger partial charge in [-0.2, -0.15) is 13.1 Å². The molecule has 0 fully saturated rings. The third kappa shape index (κ3) is 1.88. The van der Waals surface area contributed by atoms with E-state index in [1.54, 1.807) is 30.3 Å². The van der Waals surface area contributed by atoms with Crippen molar-refractivity contribution in [3.05, 3.63) is 36.5 Å². The van der Waals surface area contributed by atoms with Crippen molar-refractivity contribution in [2.45, 2.75) is 5.03 Å². The van der Waals surface area contributed by atoms with Crippen LogP contribution >= 0.6 is 0 Å². The monoisotopic (exact) mass is 225 g/mol. The van der Waals surface area contributed by atoms with Crippen molar-refractivity contribution in [3.63, 3.8) is 0 Å². The van der Waals surface area contributed by atoms with E-state index in [0.717, 1.165) is 10.9 Å². The molecule has 0 saturated heterocycles. The lowest BCUT2D eigenvalue weighted by molar-refractivity contribution is 0.474. The molecule has 0 aliphatic carbocycles. The standard InChI is InChI=1S/C8H7N3O3S/c12-15(13,14)8-6-9-10-11(8)7-4-2-1-3-5-7/h1-6H,(H,12,13,14). The summed E-state index contributed by atoms with van der Waals surface area (Å²) in [6.07, 6.45) is 0.988. The average molecular weight is 225 g/mol. The second kappa shape index (κ2) is 3.44. The summed E-state index contributed by atoms with van der Waals surface area (Å²) in [4.78, 5) is 0. The van der Waals surface area contributed by atoms with Gasteiger partial charge in [0.2, 0.25) is 5.03 Å². The van der Waals surface area contributed by atoms with Gasteiger partial charge in [-0.05, 0) is 12.1 Å². The first-order valence-corrected chi connectivity index (χ1v) is 5.46. The first kappa shape index (κ1) is 9.81. The Morgan fingerprint density at radius 3 is 2.47 bits per heavy atom. The molecule has 1 heterocycles. The molecule has 0 amide bonds. The molecule has 6 nitrogen and oxygen atoms in total. The van der Waals surface area contributed by atoms with Crippen LogP contribution in [-0.4, -0.2) is 28.0 Å². The van der Waals surface area contributed by atoms with Crippen LogP contribution in [0.1, 0.15) is 0 Å². The quantitative estimate of drug-likeness (QED) is 0.753. The maximum absolute atomic E-state index is 10.9. The predicted molar refractivity (Wildman–Crippen MR) is 51.2 cm³/mol. The molecule has 15 heavy (non-hydrogen) atoms. The van der Waals surface area contributed by atoms with Crippen LogP contribution in [0, 0.1) is 0 Å².